The molecule has 1 aliphatic heterocycles. The van der Waals surface area contributed by atoms with Crippen molar-refractivity contribution in [3.8, 4) is 5.75 Å². The van der Waals surface area contributed by atoms with Gasteiger partial charge in [0, 0.05) is 26.2 Å². The molecule has 4 atom stereocenters. The van der Waals surface area contributed by atoms with Gasteiger partial charge in [-0.3, -0.25) is 24.1 Å². The molecule has 0 bridgehead atoms. The Hall–Kier alpha value is -3.37. The van der Waals surface area contributed by atoms with Crippen molar-refractivity contribution in [3.05, 3.63) is 92.1 Å². The van der Waals surface area contributed by atoms with E-state index in [2.05, 4.69) is 22.6 Å². The number of nitrogens with zero attached hydrogens (tertiary/aromatic N) is 1. The first-order chi connectivity index (χ1) is 18.8. The average Bonchev–Trinajstić information content (AvgIpc) is 3.20. The van der Waals surface area contributed by atoms with E-state index in [0.717, 1.165) is 14.7 Å². The summed E-state index contributed by atoms with van der Waals surface area (Å²) in [5.74, 6) is -2.23. The molecule has 1 heterocycles. The van der Waals surface area contributed by atoms with Gasteiger partial charge < -0.3 is 9.84 Å². The van der Waals surface area contributed by atoms with E-state index in [4.69, 9.17) is 9.84 Å². The molecule has 0 spiro atoms. The monoisotopic (exact) mass is 635 g/mol. The number of amides is 2. The number of ether oxygens (including phenoxy) is 1. The highest BCUT2D eigenvalue weighted by molar-refractivity contribution is 14.1. The fourth-order valence-corrected chi connectivity index (χ4v) is 6.86. The van der Waals surface area contributed by atoms with Crippen LogP contribution in [0.2, 0.25) is 0 Å². The molecule has 39 heavy (non-hydrogen) atoms. The zero-order valence-corrected chi connectivity index (χ0v) is 23.4. The van der Waals surface area contributed by atoms with Gasteiger partial charge in [-0.1, -0.05) is 23.8 Å². The first-order valence-corrected chi connectivity index (χ1v) is 14.0. The highest BCUT2D eigenvalue weighted by atomic mass is 127. The maximum atomic E-state index is 13.9. The van der Waals surface area contributed by atoms with Crippen LogP contribution in [0.15, 0.2) is 83.0 Å². The molecule has 4 unspecified atom stereocenters. The minimum Gasteiger partial charge on any atom is -0.491 e. The third kappa shape index (κ3) is 4.21. The van der Waals surface area contributed by atoms with Crippen molar-refractivity contribution < 1.29 is 29.0 Å². The van der Waals surface area contributed by atoms with Gasteiger partial charge in [-0.05, 0) is 96.3 Å². The lowest BCUT2D eigenvalue weighted by Gasteiger charge is -2.42. The number of anilines is 1. The number of hydrogen-bond acceptors (Lipinski definition) is 6. The third-order valence-electron chi connectivity index (χ3n) is 8.22. The molecule has 3 aliphatic carbocycles. The van der Waals surface area contributed by atoms with Gasteiger partial charge in [-0.15, -0.1) is 0 Å². The Morgan fingerprint density at radius 1 is 0.974 bits per heavy atom. The van der Waals surface area contributed by atoms with Crippen LogP contribution in [0.4, 0.5) is 5.69 Å². The molecule has 6 rings (SSSR count). The van der Waals surface area contributed by atoms with Gasteiger partial charge in [0.1, 0.15) is 12.4 Å². The summed E-state index contributed by atoms with van der Waals surface area (Å²) in [6, 6.07) is 14.6. The molecular formula is C31H26INO6. The van der Waals surface area contributed by atoms with E-state index in [1.807, 2.05) is 30.3 Å². The van der Waals surface area contributed by atoms with E-state index < -0.39 is 17.8 Å². The van der Waals surface area contributed by atoms with Crippen molar-refractivity contribution in [1.82, 2.24) is 0 Å². The molecule has 1 saturated heterocycles. The Kier molecular flexibility index (Phi) is 6.63. The van der Waals surface area contributed by atoms with Crippen LogP contribution in [0.3, 0.4) is 0 Å². The van der Waals surface area contributed by atoms with E-state index in [9.17, 15) is 19.2 Å². The van der Waals surface area contributed by atoms with Crippen LogP contribution in [0.25, 0.3) is 0 Å². The number of ketones is 2. The number of aliphatic hydroxyl groups is 1. The molecule has 2 aromatic carbocycles. The molecule has 198 valence electrons. The number of hydrogen-bond donors (Lipinski definition) is 1. The van der Waals surface area contributed by atoms with Gasteiger partial charge in [-0.25, -0.2) is 0 Å². The molecule has 4 aliphatic rings. The number of carbonyl (C=O) groups is 4. The average molecular weight is 635 g/mol. The zero-order valence-electron chi connectivity index (χ0n) is 21.2. The third-order valence-corrected chi connectivity index (χ3v) is 8.94. The quantitative estimate of drug-likeness (QED) is 0.228. The molecule has 1 N–H and O–H groups in total. The summed E-state index contributed by atoms with van der Waals surface area (Å²) in [6.45, 7) is 1.72. The zero-order chi connectivity index (χ0) is 27.4. The van der Waals surface area contributed by atoms with Crippen molar-refractivity contribution in [2.75, 3.05) is 18.1 Å². The number of benzene rings is 2. The van der Waals surface area contributed by atoms with Crippen LogP contribution in [0.1, 0.15) is 31.2 Å². The molecule has 1 fully saturated rings. The highest BCUT2D eigenvalue weighted by Crippen LogP contribution is 2.55. The fraction of sp³-hybridized carbons (Fsp3) is 0.290. The van der Waals surface area contributed by atoms with E-state index >= 15 is 0 Å². The molecule has 0 aromatic heterocycles. The van der Waals surface area contributed by atoms with Crippen molar-refractivity contribution in [3.63, 3.8) is 0 Å². The number of Topliss-reactive ketones (excluding diaryl/α,β-unsaturated/α-hetero) is 1. The van der Waals surface area contributed by atoms with E-state index in [-0.39, 0.29) is 48.9 Å². The lowest BCUT2D eigenvalue weighted by molar-refractivity contribution is -0.123. The molecule has 0 radical (unpaired) electrons. The first kappa shape index (κ1) is 25.9. The summed E-state index contributed by atoms with van der Waals surface area (Å²) < 4.78 is 6.52. The SMILES string of the molecule is CC1=CC(=O)C2=C(C1=O)C(c1ccc(OCCO)cc1)C1=CCC3C(=O)N(c4ccc(I)cc4)C(=O)C3C1C2. The van der Waals surface area contributed by atoms with Crippen molar-refractivity contribution in [2.45, 2.75) is 25.7 Å². The standard InChI is InChI=1S/C31H26INO6/c1-16-14-25(35)24-15-23-21(26(28(24)29(16)36)17-2-8-20(9-3-17)39-13-12-34)10-11-22-27(23)31(38)33(30(22)37)19-6-4-18(32)5-7-19/h2-10,14,22-23,26-27,34H,11-13,15H2,1H3. The van der Waals surface area contributed by atoms with Crippen molar-refractivity contribution in [2.24, 2.45) is 17.8 Å². The lowest BCUT2D eigenvalue weighted by atomic mass is 9.59. The smallest absolute Gasteiger partial charge is 0.238 e. The minimum absolute atomic E-state index is 0.105. The van der Waals surface area contributed by atoms with Gasteiger partial charge in [0.15, 0.2) is 11.6 Å². The summed E-state index contributed by atoms with van der Waals surface area (Å²) in [4.78, 5) is 55.5. The van der Waals surface area contributed by atoms with E-state index in [1.54, 1.807) is 31.2 Å². The van der Waals surface area contributed by atoms with Crippen molar-refractivity contribution >= 4 is 51.7 Å². The van der Waals surface area contributed by atoms with Gasteiger partial charge in [0.05, 0.1) is 24.1 Å². The molecule has 2 amide bonds. The number of rotatable bonds is 5. The number of allylic oxidation sites excluding steroid dienone is 6. The number of fused-ring (bicyclic) bond motifs is 3. The number of imide groups is 1. The van der Waals surface area contributed by atoms with Crippen LogP contribution in [0, 0.1) is 21.3 Å². The second-order valence-electron chi connectivity index (χ2n) is 10.4. The van der Waals surface area contributed by atoms with Crippen LogP contribution >= 0.6 is 22.6 Å². The van der Waals surface area contributed by atoms with Crippen LogP contribution < -0.4 is 9.64 Å². The van der Waals surface area contributed by atoms with E-state index in [0.29, 0.717) is 34.6 Å². The Balaban J connectivity index is 1.43. The molecule has 7 nitrogen and oxygen atoms in total. The number of halogens is 1. The second-order valence-corrected chi connectivity index (χ2v) is 11.6. The second kappa shape index (κ2) is 9.98. The van der Waals surface area contributed by atoms with Crippen molar-refractivity contribution in [1.29, 1.82) is 0 Å². The summed E-state index contributed by atoms with van der Waals surface area (Å²) in [5, 5.41) is 9.07. The fourth-order valence-electron chi connectivity index (χ4n) is 6.51. The van der Waals surface area contributed by atoms with E-state index in [1.165, 1.54) is 11.0 Å². The summed E-state index contributed by atoms with van der Waals surface area (Å²) in [5.41, 5.74) is 3.59. The topological polar surface area (TPSA) is 101 Å². The minimum atomic E-state index is -0.601. The van der Waals surface area contributed by atoms with Gasteiger partial charge in [0.25, 0.3) is 0 Å². The molecule has 2 aromatic rings. The number of carbonyl (C=O) groups excluding carboxylic acids is 4. The lowest BCUT2D eigenvalue weighted by Crippen LogP contribution is -2.39. The van der Waals surface area contributed by atoms with Gasteiger partial charge in [0.2, 0.25) is 11.8 Å². The summed E-state index contributed by atoms with van der Waals surface area (Å²) >= 11 is 2.18. The molecular weight excluding hydrogens is 609 g/mol. The van der Waals surface area contributed by atoms with Gasteiger partial charge in [-0.2, -0.15) is 0 Å². The predicted molar refractivity (Wildman–Crippen MR) is 152 cm³/mol. The number of aliphatic hydroxyl groups excluding tert-OH is 1. The highest BCUT2D eigenvalue weighted by Gasteiger charge is 2.56. The molecule has 8 heteroatoms. The summed E-state index contributed by atoms with van der Waals surface area (Å²) in [7, 11) is 0. The largest absolute Gasteiger partial charge is 0.491 e. The Labute approximate surface area is 239 Å². The van der Waals surface area contributed by atoms with Crippen LogP contribution in [0.5, 0.6) is 5.75 Å². The Morgan fingerprint density at radius 3 is 2.38 bits per heavy atom. The normalized spacial score (nSPS) is 26.2. The predicted octanol–water partition coefficient (Wildman–Crippen LogP) is 4.30. The molecule has 0 saturated carbocycles. The van der Waals surface area contributed by atoms with Crippen LogP contribution in [-0.2, 0) is 19.2 Å². The maximum absolute atomic E-state index is 13.9. The summed E-state index contributed by atoms with van der Waals surface area (Å²) in [6.07, 6.45) is 4.06. The Bertz CT molecular complexity index is 1500. The Morgan fingerprint density at radius 2 is 1.69 bits per heavy atom. The first-order valence-electron chi connectivity index (χ1n) is 13.0. The van der Waals surface area contributed by atoms with Gasteiger partial charge >= 0.3 is 0 Å². The van der Waals surface area contributed by atoms with Crippen LogP contribution in [-0.4, -0.2) is 41.7 Å². The maximum Gasteiger partial charge on any atom is 0.238 e.